The number of hydrogen-bond acceptors (Lipinski definition) is 3. The second-order valence-corrected chi connectivity index (χ2v) is 4.16. The van der Waals surface area contributed by atoms with Crippen LogP contribution in [0.25, 0.3) is 11.1 Å². The van der Waals surface area contributed by atoms with Gasteiger partial charge in [0.2, 0.25) is 0 Å². The fourth-order valence-corrected chi connectivity index (χ4v) is 1.88. The molecule has 0 saturated heterocycles. The van der Waals surface area contributed by atoms with Gasteiger partial charge in [-0.3, -0.25) is 14.9 Å². The standard InChI is InChI=1S/C13H7ClFNO3/c14-11-3-1-2-10(13(11)15)8-4-5-12(16(18)19)9(6-8)7-17/h1-7H. The average Bonchev–Trinajstić information content (AvgIpc) is 2.41. The number of carbonyl (C=O) groups excluding carboxylic acids is 1. The van der Waals surface area contributed by atoms with Crippen molar-refractivity contribution in [1.29, 1.82) is 0 Å². The van der Waals surface area contributed by atoms with Gasteiger partial charge in [0.25, 0.3) is 5.69 Å². The first-order chi connectivity index (χ1) is 9.04. The van der Waals surface area contributed by atoms with Gasteiger partial charge >= 0.3 is 0 Å². The molecule has 0 aliphatic heterocycles. The predicted molar refractivity (Wildman–Crippen MR) is 68.9 cm³/mol. The molecule has 0 fully saturated rings. The van der Waals surface area contributed by atoms with Crippen molar-refractivity contribution in [2.45, 2.75) is 0 Å². The predicted octanol–water partition coefficient (Wildman–Crippen LogP) is 3.87. The van der Waals surface area contributed by atoms with E-state index in [-0.39, 0.29) is 21.8 Å². The van der Waals surface area contributed by atoms with Gasteiger partial charge < -0.3 is 0 Å². The molecule has 0 radical (unpaired) electrons. The quantitative estimate of drug-likeness (QED) is 0.487. The van der Waals surface area contributed by atoms with Crippen LogP contribution in [-0.4, -0.2) is 11.2 Å². The van der Waals surface area contributed by atoms with Gasteiger partial charge in [0, 0.05) is 11.6 Å². The zero-order valence-corrected chi connectivity index (χ0v) is 10.2. The minimum atomic E-state index is -0.665. The molecule has 0 atom stereocenters. The zero-order chi connectivity index (χ0) is 14.0. The molecule has 0 unspecified atom stereocenters. The molecule has 0 spiro atoms. The lowest BCUT2D eigenvalue weighted by molar-refractivity contribution is -0.385. The number of benzene rings is 2. The van der Waals surface area contributed by atoms with Crippen LogP contribution in [0.3, 0.4) is 0 Å². The Morgan fingerprint density at radius 1 is 1.26 bits per heavy atom. The number of halogens is 2. The number of carbonyl (C=O) groups is 1. The van der Waals surface area contributed by atoms with Gasteiger partial charge in [0.1, 0.15) is 5.82 Å². The second-order valence-electron chi connectivity index (χ2n) is 3.75. The Morgan fingerprint density at radius 3 is 2.63 bits per heavy atom. The van der Waals surface area contributed by atoms with E-state index in [0.717, 1.165) is 0 Å². The van der Waals surface area contributed by atoms with Crippen molar-refractivity contribution in [3.63, 3.8) is 0 Å². The smallest absolute Gasteiger partial charge is 0.279 e. The SMILES string of the molecule is O=Cc1cc(-c2cccc(Cl)c2F)ccc1[N+](=O)[O-]. The van der Waals surface area contributed by atoms with E-state index >= 15 is 0 Å². The lowest BCUT2D eigenvalue weighted by Gasteiger charge is -2.05. The van der Waals surface area contributed by atoms with Crippen molar-refractivity contribution in [2.24, 2.45) is 0 Å². The molecule has 6 heteroatoms. The van der Waals surface area contributed by atoms with Gasteiger partial charge in [-0.25, -0.2) is 4.39 Å². The first-order valence-electron chi connectivity index (χ1n) is 5.22. The first-order valence-corrected chi connectivity index (χ1v) is 5.60. The summed E-state index contributed by atoms with van der Waals surface area (Å²) in [4.78, 5) is 20.9. The molecular formula is C13H7ClFNO3. The molecular weight excluding hydrogens is 273 g/mol. The van der Waals surface area contributed by atoms with Crippen molar-refractivity contribution in [3.05, 3.63) is 62.9 Å². The van der Waals surface area contributed by atoms with Crippen molar-refractivity contribution in [2.75, 3.05) is 0 Å². The maximum Gasteiger partial charge on any atom is 0.279 e. The third-order valence-corrected chi connectivity index (χ3v) is 2.91. The molecule has 2 aromatic carbocycles. The Hall–Kier alpha value is -2.27. The number of hydrogen-bond donors (Lipinski definition) is 0. The molecule has 0 aromatic heterocycles. The zero-order valence-electron chi connectivity index (χ0n) is 9.47. The van der Waals surface area contributed by atoms with Gasteiger partial charge in [0.05, 0.1) is 15.5 Å². The largest absolute Gasteiger partial charge is 0.298 e. The van der Waals surface area contributed by atoms with Crippen LogP contribution in [0.1, 0.15) is 10.4 Å². The van der Waals surface area contributed by atoms with Crippen LogP contribution < -0.4 is 0 Å². The van der Waals surface area contributed by atoms with Crippen molar-refractivity contribution < 1.29 is 14.1 Å². The third kappa shape index (κ3) is 2.46. The lowest BCUT2D eigenvalue weighted by atomic mass is 10.0. The Labute approximate surface area is 112 Å². The molecule has 96 valence electrons. The molecule has 0 heterocycles. The number of aldehydes is 1. The highest BCUT2D eigenvalue weighted by Crippen LogP contribution is 2.30. The molecule has 0 amide bonds. The molecule has 0 saturated carbocycles. The normalized spacial score (nSPS) is 10.2. The molecule has 2 aromatic rings. The Kier molecular flexibility index (Phi) is 3.57. The molecule has 0 aliphatic rings. The Morgan fingerprint density at radius 2 is 2.00 bits per heavy atom. The van der Waals surface area contributed by atoms with Gasteiger partial charge in [-0.15, -0.1) is 0 Å². The van der Waals surface area contributed by atoms with E-state index in [0.29, 0.717) is 11.8 Å². The monoisotopic (exact) mass is 279 g/mol. The van der Waals surface area contributed by atoms with Crippen LogP contribution in [0.15, 0.2) is 36.4 Å². The van der Waals surface area contributed by atoms with Crippen LogP contribution in [0, 0.1) is 15.9 Å². The second kappa shape index (κ2) is 5.16. The minimum Gasteiger partial charge on any atom is -0.298 e. The molecule has 0 aliphatic carbocycles. The summed E-state index contributed by atoms with van der Waals surface area (Å²) in [6.07, 6.45) is 0.365. The summed E-state index contributed by atoms with van der Waals surface area (Å²) in [5.41, 5.74) is 0.112. The topological polar surface area (TPSA) is 60.2 Å². The summed E-state index contributed by atoms with van der Waals surface area (Å²) in [7, 11) is 0. The van der Waals surface area contributed by atoms with Crippen LogP contribution >= 0.6 is 11.6 Å². The summed E-state index contributed by atoms with van der Waals surface area (Å²) < 4.78 is 13.8. The number of nitrogens with zero attached hydrogens (tertiary/aromatic N) is 1. The maximum absolute atomic E-state index is 13.8. The average molecular weight is 280 g/mol. The first kappa shape index (κ1) is 13.2. The van der Waals surface area contributed by atoms with Gasteiger partial charge in [-0.2, -0.15) is 0 Å². The van der Waals surface area contributed by atoms with Crippen LogP contribution in [-0.2, 0) is 0 Å². The minimum absolute atomic E-state index is 0.0523. The molecule has 4 nitrogen and oxygen atoms in total. The Bertz CT molecular complexity index is 673. The highest BCUT2D eigenvalue weighted by molar-refractivity contribution is 6.31. The summed E-state index contributed by atoms with van der Waals surface area (Å²) in [5.74, 6) is -0.630. The fraction of sp³-hybridized carbons (Fsp3) is 0. The highest BCUT2D eigenvalue weighted by atomic mass is 35.5. The van der Waals surface area contributed by atoms with Crippen molar-refractivity contribution in [1.82, 2.24) is 0 Å². The lowest BCUT2D eigenvalue weighted by Crippen LogP contribution is -1.95. The number of nitro benzene ring substituents is 1. The Balaban J connectivity index is 2.61. The summed E-state index contributed by atoms with van der Waals surface area (Å²) in [6, 6.07) is 8.24. The van der Waals surface area contributed by atoms with Crippen LogP contribution in [0.4, 0.5) is 10.1 Å². The van der Waals surface area contributed by atoms with E-state index in [2.05, 4.69) is 0 Å². The summed E-state index contributed by atoms with van der Waals surface area (Å²) in [5, 5.41) is 10.6. The number of rotatable bonds is 3. The van der Waals surface area contributed by atoms with Gasteiger partial charge in [0.15, 0.2) is 6.29 Å². The van der Waals surface area contributed by atoms with E-state index in [1.165, 1.54) is 30.3 Å². The van der Waals surface area contributed by atoms with E-state index in [1.54, 1.807) is 6.07 Å². The molecule has 0 N–H and O–H groups in total. The van der Waals surface area contributed by atoms with Crippen LogP contribution in [0.5, 0.6) is 0 Å². The van der Waals surface area contributed by atoms with Crippen molar-refractivity contribution in [3.8, 4) is 11.1 Å². The van der Waals surface area contributed by atoms with E-state index in [1.807, 2.05) is 0 Å². The molecule has 0 bridgehead atoms. The van der Waals surface area contributed by atoms with Gasteiger partial charge in [-0.1, -0.05) is 23.7 Å². The third-order valence-electron chi connectivity index (χ3n) is 2.61. The van der Waals surface area contributed by atoms with E-state index in [4.69, 9.17) is 11.6 Å². The summed E-state index contributed by atoms with van der Waals surface area (Å²) in [6.45, 7) is 0. The van der Waals surface area contributed by atoms with Crippen molar-refractivity contribution >= 4 is 23.6 Å². The van der Waals surface area contributed by atoms with Gasteiger partial charge in [-0.05, 0) is 23.8 Å². The maximum atomic E-state index is 13.8. The van der Waals surface area contributed by atoms with E-state index < -0.39 is 10.7 Å². The van der Waals surface area contributed by atoms with Crippen LogP contribution in [0.2, 0.25) is 5.02 Å². The molecule has 2 rings (SSSR count). The fourth-order valence-electron chi connectivity index (χ4n) is 1.71. The van der Waals surface area contributed by atoms with E-state index in [9.17, 15) is 19.3 Å². The molecule has 19 heavy (non-hydrogen) atoms. The summed E-state index contributed by atoms with van der Waals surface area (Å²) >= 11 is 5.67. The highest BCUT2D eigenvalue weighted by Gasteiger charge is 2.16. The number of nitro groups is 1.